The van der Waals surface area contributed by atoms with Gasteiger partial charge in [0.15, 0.2) is 0 Å². The Morgan fingerprint density at radius 2 is 2.38 bits per heavy atom. The molecule has 2 aliphatic rings. The summed E-state index contributed by atoms with van der Waals surface area (Å²) in [5.41, 5.74) is 0. The number of rotatable bonds is 1. The van der Waals surface area contributed by atoms with Gasteiger partial charge in [0.05, 0.1) is 25.7 Å². The molecule has 0 saturated carbocycles. The minimum absolute atomic E-state index is 0.0223. The maximum Gasteiger partial charge on any atom is 0.230 e. The maximum absolute atomic E-state index is 12.8. The van der Waals surface area contributed by atoms with Gasteiger partial charge in [-0.25, -0.2) is 4.39 Å². The molecular formula is C9H12FNO2. The van der Waals surface area contributed by atoms with Crippen LogP contribution in [0.1, 0.15) is 6.42 Å². The Balaban J connectivity index is 1.93. The molecule has 1 fully saturated rings. The van der Waals surface area contributed by atoms with Crippen LogP contribution in [0.25, 0.3) is 0 Å². The molecule has 0 aromatic rings. The summed E-state index contributed by atoms with van der Waals surface area (Å²) in [7, 11) is 0. The molecule has 0 radical (unpaired) electrons. The summed E-state index contributed by atoms with van der Waals surface area (Å²) in [6.45, 7) is 1.79. The van der Waals surface area contributed by atoms with Crippen LogP contribution in [0.3, 0.4) is 0 Å². The molecule has 0 N–H and O–H groups in total. The van der Waals surface area contributed by atoms with Crippen LogP contribution in [0.5, 0.6) is 0 Å². The van der Waals surface area contributed by atoms with Gasteiger partial charge < -0.3 is 9.64 Å². The minimum atomic E-state index is -0.195. The number of nitrogens with zero attached hydrogens (tertiary/aromatic N) is 1. The average molecular weight is 185 g/mol. The van der Waals surface area contributed by atoms with E-state index in [9.17, 15) is 9.18 Å². The second-order valence-corrected chi connectivity index (χ2v) is 3.43. The molecule has 2 aliphatic heterocycles. The third-order valence-corrected chi connectivity index (χ3v) is 2.41. The Bertz CT molecular complexity index is 248. The quantitative estimate of drug-likeness (QED) is 0.602. The fourth-order valence-electron chi connectivity index (χ4n) is 1.53. The molecule has 0 atom stereocenters. The Morgan fingerprint density at radius 3 is 2.92 bits per heavy atom. The molecule has 2 heterocycles. The van der Waals surface area contributed by atoms with E-state index in [0.717, 1.165) is 0 Å². The van der Waals surface area contributed by atoms with Gasteiger partial charge in [-0.15, -0.1) is 0 Å². The fourth-order valence-corrected chi connectivity index (χ4v) is 1.53. The van der Waals surface area contributed by atoms with Crippen molar-refractivity contribution < 1.29 is 13.9 Å². The lowest BCUT2D eigenvalue weighted by Crippen LogP contribution is -2.46. The lowest BCUT2D eigenvalue weighted by molar-refractivity contribution is -0.149. The van der Waals surface area contributed by atoms with E-state index in [1.165, 1.54) is 0 Å². The number of halogens is 1. The molecule has 72 valence electrons. The first kappa shape index (κ1) is 8.69. The number of carbonyl (C=O) groups excluding carboxylic acids is 1. The van der Waals surface area contributed by atoms with Gasteiger partial charge in [-0.2, -0.15) is 0 Å². The standard InChI is InChI=1S/C9H12FNO2/c10-8-2-1-3-11(4-8)9(12)7-5-13-6-7/h2,7H,1,3-6H2. The monoisotopic (exact) mass is 185 g/mol. The average Bonchev–Trinajstić information content (AvgIpc) is 2.01. The van der Waals surface area contributed by atoms with E-state index < -0.39 is 0 Å². The first-order valence-electron chi connectivity index (χ1n) is 4.48. The maximum atomic E-state index is 12.8. The SMILES string of the molecule is O=C(C1COC1)N1CCC=C(F)C1. The summed E-state index contributed by atoms with van der Waals surface area (Å²) in [6, 6.07) is 0. The Kier molecular flexibility index (Phi) is 2.31. The first-order chi connectivity index (χ1) is 6.27. The molecule has 0 spiro atoms. The lowest BCUT2D eigenvalue weighted by atomic mass is 10.1. The van der Waals surface area contributed by atoms with Crippen LogP contribution in [-0.4, -0.2) is 37.1 Å². The molecule has 13 heavy (non-hydrogen) atoms. The van der Waals surface area contributed by atoms with Gasteiger partial charge in [0, 0.05) is 6.54 Å². The number of carbonyl (C=O) groups is 1. The number of ether oxygens (including phenoxy) is 1. The van der Waals surface area contributed by atoms with E-state index in [-0.39, 0.29) is 24.2 Å². The van der Waals surface area contributed by atoms with Crippen molar-refractivity contribution >= 4 is 5.91 Å². The van der Waals surface area contributed by atoms with Crippen LogP contribution in [0.2, 0.25) is 0 Å². The van der Waals surface area contributed by atoms with Crippen molar-refractivity contribution in [2.75, 3.05) is 26.3 Å². The zero-order chi connectivity index (χ0) is 9.26. The van der Waals surface area contributed by atoms with Gasteiger partial charge in [0.1, 0.15) is 5.83 Å². The smallest absolute Gasteiger partial charge is 0.230 e. The van der Waals surface area contributed by atoms with Gasteiger partial charge in [-0.05, 0) is 12.5 Å². The van der Waals surface area contributed by atoms with Crippen molar-refractivity contribution in [3.63, 3.8) is 0 Å². The van der Waals surface area contributed by atoms with Gasteiger partial charge >= 0.3 is 0 Å². The Hall–Kier alpha value is -0.900. The van der Waals surface area contributed by atoms with Crippen molar-refractivity contribution in [3.8, 4) is 0 Å². The zero-order valence-corrected chi connectivity index (χ0v) is 7.33. The summed E-state index contributed by atoms with van der Waals surface area (Å²) >= 11 is 0. The molecule has 1 amide bonds. The largest absolute Gasteiger partial charge is 0.380 e. The zero-order valence-electron chi connectivity index (χ0n) is 7.33. The topological polar surface area (TPSA) is 29.5 Å². The third kappa shape index (κ3) is 1.72. The molecule has 3 nitrogen and oxygen atoms in total. The van der Waals surface area contributed by atoms with Gasteiger partial charge in [0.2, 0.25) is 5.91 Å². The number of hydrogen-bond donors (Lipinski definition) is 0. The highest BCUT2D eigenvalue weighted by Crippen LogP contribution is 2.17. The van der Waals surface area contributed by atoms with Crippen molar-refractivity contribution in [1.29, 1.82) is 0 Å². The Labute approximate surface area is 76.2 Å². The molecule has 0 aliphatic carbocycles. The number of hydrogen-bond acceptors (Lipinski definition) is 2. The molecule has 2 rings (SSSR count). The van der Waals surface area contributed by atoms with E-state index >= 15 is 0 Å². The third-order valence-electron chi connectivity index (χ3n) is 2.41. The number of amides is 1. The van der Waals surface area contributed by atoms with E-state index in [1.54, 1.807) is 11.0 Å². The molecule has 0 unspecified atom stereocenters. The van der Waals surface area contributed by atoms with Crippen LogP contribution in [0, 0.1) is 5.92 Å². The van der Waals surface area contributed by atoms with Gasteiger partial charge in [0.25, 0.3) is 0 Å². The second-order valence-electron chi connectivity index (χ2n) is 3.43. The molecule has 0 bridgehead atoms. The first-order valence-corrected chi connectivity index (χ1v) is 4.48. The lowest BCUT2D eigenvalue weighted by Gasteiger charge is -2.32. The summed E-state index contributed by atoms with van der Waals surface area (Å²) in [5, 5.41) is 0. The fraction of sp³-hybridized carbons (Fsp3) is 0.667. The van der Waals surface area contributed by atoms with Crippen LogP contribution < -0.4 is 0 Å². The highest BCUT2D eigenvalue weighted by molar-refractivity contribution is 5.80. The summed E-state index contributed by atoms with van der Waals surface area (Å²) < 4.78 is 17.7. The Morgan fingerprint density at radius 1 is 1.62 bits per heavy atom. The van der Waals surface area contributed by atoms with Crippen LogP contribution in [0.4, 0.5) is 4.39 Å². The minimum Gasteiger partial charge on any atom is -0.380 e. The highest BCUT2D eigenvalue weighted by atomic mass is 19.1. The molecule has 4 heteroatoms. The van der Waals surface area contributed by atoms with E-state index in [2.05, 4.69) is 0 Å². The second kappa shape index (κ2) is 3.46. The normalized spacial score (nSPS) is 23.8. The van der Waals surface area contributed by atoms with Gasteiger partial charge in [-0.3, -0.25) is 4.79 Å². The van der Waals surface area contributed by atoms with Crippen molar-refractivity contribution in [2.24, 2.45) is 5.92 Å². The highest BCUT2D eigenvalue weighted by Gasteiger charge is 2.31. The van der Waals surface area contributed by atoms with Crippen LogP contribution in [-0.2, 0) is 9.53 Å². The van der Waals surface area contributed by atoms with E-state index in [1.807, 2.05) is 0 Å². The van der Waals surface area contributed by atoms with Gasteiger partial charge in [-0.1, -0.05) is 0 Å². The molecule has 0 aromatic carbocycles. The molecule has 0 aromatic heterocycles. The molecular weight excluding hydrogens is 173 g/mol. The van der Waals surface area contributed by atoms with Crippen LogP contribution >= 0.6 is 0 Å². The van der Waals surface area contributed by atoms with Crippen molar-refractivity contribution in [2.45, 2.75) is 6.42 Å². The summed E-state index contributed by atoms with van der Waals surface area (Å²) in [4.78, 5) is 13.1. The predicted molar refractivity (Wildman–Crippen MR) is 44.7 cm³/mol. The van der Waals surface area contributed by atoms with Crippen molar-refractivity contribution in [1.82, 2.24) is 4.90 Å². The summed E-state index contributed by atoms with van der Waals surface area (Å²) in [6.07, 6.45) is 2.17. The van der Waals surface area contributed by atoms with E-state index in [0.29, 0.717) is 26.2 Å². The van der Waals surface area contributed by atoms with Crippen LogP contribution in [0.15, 0.2) is 11.9 Å². The van der Waals surface area contributed by atoms with Crippen molar-refractivity contribution in [3.05, 3.63) is 11.9 Å². The molecule has 1 saturated heterocycles. The van der Waals surface area contributed by atoms with E-state index in [4.69, 9.17) is 4.74 Å². The predicted octanol–water partition coefficient (Wildman–Crippen LogP) is 0.718. The summed E-state index contributed by atoms with van der Waals surface area (Å²) in [5.74, 6) is -0.180.